The maximum atomic E-state index is 11.7. The summed E-state index contributed by atoms with van der Waals surface area (Å²) in [7, 11) is 0. The lowest BCUT2D eigenvalue weighted by molar-refractivity contribution is 0.470. The van der Waals surface area contributed by atoms with Gasteiger partial charge >= 0.3 is 0 Å². The monoisotopic (exact) mass is 130 g/mol. The van der Waals surface area contributed by atoms with Gasteiger partial charge in [-0.15, -0.1) is 0 Å². The first-order valence-corrected chi connectivity index (χ1v) is 2.56. The molecule has 0 amide bonds. The van der Waals surface area contributed by atoms with Gasteiger partial charge in [-0.3, -0.25) is 0 Å². The van der Waals surface area contributed by atoms with Gasteiger partial charge in [-0.25, -0.2) is 9.37 Å². The number of rotatable bonds is 2. The Balaban J connectivity index is 2.74. The molecule has 0 fully saturated rings. The molecular weight excluding hydrogens is 123 g/mol. The lowest BCUT2D eigenvalue weighted by Crippen LogP contribution is -1.95. The zero-order valence-corrected chi connectivity index (χ0v) is 4.80. The third-order valence-electron chi connectivity index (χ3n) is 0.911. The van der Waals surface area contributed by atoms with E-state index in [9.17, 15) is 4.39 Å². The maximum absolute atomic E-state index is 11.7. The molecule has 0 aliphatic rings. The highest BCUT2D eigenvalue weighted by atomic mass is 19.1. The minimum absolute atomic E-state index is 0.222. The molecule has 1 aromatic rings. The highest BCUT2D eigenvalue weighted by molar-refractivity contribution is 4.93. The molecule has 0 radical (unpaired) electrons. The molecule has 0 aromatic carbocycles. The molecule has 4 heteroatoms. The molecule has 0 spiro atoms. The van der Waals surface area contributed by atoms with E-state index in [-0.39, 0.29) is 6.54 Å². The predicted molar refractivity (Wildman–Crippen MR) is 29.2 cm³/mol. The summed E-state index contributed by atoms with van der Waals surface area (Å²) in [5.74, 6) is 0.377. The van der Waals surface area contributed by atoms with Gasteiger partial charge in [0, 0.05) is 0 Å². The molecule has 1 rings (SSSR count). The summed E-state index contributed by atoms with van der Waals surface area (Å²) in [6.45, 7) is -0.372. The lowest BCUT2D eigenvalue weighted by atomic mass is 10.5. The summed E-state index contributed by atoms with van der Waals surface area (Å²) < 4.78 is 16.4. The molecule has 0 saturated carbocycles. The number of oxazole rings is 1. The van der Waals surface area contributed by atoms with Gasteiger partial charge in [0.25, 0.3) is 0 Å². The van der Waals surface area contributed by atoms with Gasteiger partial charge < -0.3 is 10.2 Å². The van der Waals surface area contributed by atoms with Crippen molar-refractivity contribution in [2.75, 3.05) is 0 Å². The molecule has 3 nitrogen and oxygen atoms in total. The van der Waals surface area contributed by atoms with E-state index in [1.54, 1.807) is 0 Å². The normalized spacial score (nSPS) is 10.0. The van der Waals surface area contributed by atoms with E-state index in [2.05, 4.69) is 4.98 Å². The molecule has 0 bridgehead atoms. The van der Waals surface area contributed by atoms with E-state index in [1.165, 1.54) is 6.26 Å². The van der Waals surface area contributed by atoms with Crippen LogP contribution in [0.1, 0.15) is 11.6 Å². The van der Waals surface area contributed by atoms with Gasteiger partial charge in [-0.2, -0.15) is 0 Å². The Hall–Kier alpha value is -0.900. The average Bonchev–Trinajstić information content (AvgIpc) is 2.34. The number of nitrogens with two attached hydrogens (primary N) is 1. The first kappa shape index (κ1) is 6.22. The van der Waals surface area contributed by atoms with Crippen molar-refractivity contribution in [2.45, 2.75) is 13.2 Å². The van der Waals surface area contributed by atoms with Gasteiger partial charge in [-0.1, -0.05) is 0 Å². The second-order valence-corrected chi connectivity index (χ2v) is 1.57. The number of hydrogen-bond acceptors (Lipinski definition) is 3. The van der Waals surface area contributed by atoms with Crippen LogP contribution in [-0.2, 0) is 13.2 Å². The number of nitrogens with zero attached hydrogens (tertiary/aromatic N) is 1. The van der Waals surface area contributed by atoms with Crippen molar-refractivity contribution in [3.63, 3.8) is 0 Å². The molecule has 9 heavy (non-hydrogen) atoms. The Morgan fingerprint density at radius 1 is 1.78 bits per heavy atom. The van der Waals surface area contributed by atoms with Gasteiger partial charge in [0.1, 0.15) is 18.6 Å². The largest absolute Gasteiger partial charge is 0.447 e. The van der Waals surface area contributed by atoms with Crippen LogP contribution in [0.4, 0.5) is 4.39 Å². The van der Waals surface area contributed by atoms with Gasteiger partial charge in [-0.05, 0) is 0 Å². The summed E-state index contributed by atoms with van der Waals surface area (Å²) in [5, 5.41) is 0. The summed E-state index contributed by atoms with van der Waals surface area (Å²) in [6, 6.07) is 0. The smallest absolute Gasteiger partial charge is 0.208 e. The second-order valence-electron chi connectivity index (χ2n) is 1.57. The van der Waals surface area contributed by atoms with Crippen molar-refractivity contribution in [2.24, 2.45) is 5.73 Å². The predicted octanol–water partition coefficient (Wildman–Crippen LogP) is 0.603. The summed E-state index contributed by atoms with van der Waals surface area (Å²) >= 11 is 0. The minimum Gasteiger partial charge on any atom is -0.447 e. The van der Waals surface area contributed by atoms with Crippen LogP contribution in [0.15, 0.2) is 10.7 Å². The van der Waals surface area contributed by atoms with Gasteiger partial charge in [0.05, 0.1) is 6.54 Å². The third-order valence-corrected chi connectivity index (χ3v) is 0.911. The van der Waals surface area contributed by atoms with E-state index in [0.29, 0.717) is 11.6 Å². The lowest BCUT2D eigenvalue weighted by Gasteiger charge is -1.80. The molecule has 0 saturated heterocycles. The Labute approximate surface area is 51.7 Å². The van der Waals surface area contributed by atoms with Gasteiger partial charge in [0.15, 0.2) is 0 Å². The zero-order chi connectivity index (χ0) is 6.69. The maximum Gasteiger partial charge on any atom is 0.208 e. The van der Waals surface area contributed by atoms with E-state index >= 15 is 0 Å². The quantitative estimate of drug-likeness (QED) is 0.637. The second kappa shape index (κ2) is 2.59. The van der Waals surface area contributed by atoms with Crippen molar-refractivity contribution in [3.8, 4) is 0 Å². The van der Waals surface area contributed by atoms with Crippen LogP contribution in [0.3, 0.4) is 0 Å². The molecular formula is C5H7FN2O. The average molecular weight is 130 g/mol. The van der Waals surface area contributed by atoms with E-state index in [1.807, 2.05) is 0 Å². The number of halogens is 1. The van der Waals surface area contributed by atoms with Crippen molar-refractivity contribution in [1.82, 2.24) is 4.98 Å². The minimum atomic E-state index is -0.594. The molecule has 0 aliphatic heterocycles. The van der Waals surface area contributed by atoms with Crippen LogP contribution in [0, 0.1) is 0 Å². The highest BCUT2D eigenvalue weighted by Crippen LogP contribution is 2.01. The molecule has 1 aromatic heterocycles. The molecule has 0 atom stereocenters. The Kier molecular flexibility index (Phi) is 1.79. The van der Waals surface area contributed by atoms with Crippen LogP contribution in [0.5, 0.6) is 0 Å². The van der Waals surface area contributed by atoms with Crippen molar-refractivity contribution >= 4 is 0 Å². The van der Waals surface area contributed by atoms with Gasteiger partial charge in [0.2, 0.25) is 5.89 Å². The molecule has 2 N–H and O–H groups in total. The topological polar surface area (TPSA) is 52.0 Å². The van der Waals surface area contributed by atoms with Crippen LogP contribution in [0.25, 0.3) is 0 Å². The Bertz CT molecular complexity index is 168. The zero-order valence-electron chi connectivity index (χ0n) is 4.80. The molecule has 50 valence electrons. The van der Waals surface area contributed by atoms with Crippen LogP contribution >= 0.6 is 0 Å². The van der Waals surface area contributed by atoms with Crippen LogP contribution in [-0.4, -0.2) is 4.98 Å². The molecule has 1 heterocycles. The summed E-state index contributed by atoms with van der Waals surface area (Å²) in [5.41, 5.74) is 5.44. The van der Waals surface area contributed by atoms with Crippen molar-refractivity contribution < 1.29 is 8.81 Å². The highest BCUT2D eigenvalue weighted by Gasteiger charge is 1.98. The third kappa shape index (κ3) is 1.26. The Morgan fingerprint density at radius 3 is 2.89 bits per heavy atom. The van der Waals surface area contributed by atoms with Crippen LogP contribution < -0.4 is 5.73 Å². The fourth-order valence-electron chi connectivity index (χ4n) is 0.504. The fraction of sp³-hybridized carbons (Fsp3) is 0.400. The summed E-state index contributed by atoms with van der Waals surface area (Å²) in [4.78, 5) is 3.68. The SMILES string of the molecule is NCc1nc(CF)co1. The van der Waals surface area contributed by atoms with E-state index in [4.69, 9.17) is 10.2 Å². The first-order chi connectivity index (χ1) is 4.36. The van der Waals surface area contributed by atoms with E-state index in [0.717, 1.165) is 0 Å². The molecule has 0 aliphatic carbocycles. The van der Waals surface area contributed by atoms with E-state index < -0.39 is 6.67 Å². The number of aromatic nitrogens is 1. The summed E-state index contributed by atoms with van der Waals surface area (Å²) in [6.07, 6.45) is 1.27. The van der Waals surface area contributed by atoms with Crippen molar-refractivity contribution in [1.29, 1.82) is 0 Å². The van der Waals surface area contributed by atoms with Crippen LogP contribution in [0.2, 0.25) is 0 Å². The molecule has 0 unspecified atom stereocenters. The number of alkyl halides is 1. The number of hydrogen-bond donors (Lipinski definition) is 1. The standard InChI is InChI=1S/C5H7FN2O/c6-1-4-3-9-5(2-7)8-4/h3H,1-2,7H2. The fourth-order valence-corrected chi connectivity index (χ4v) is 0.504. The van der Waals surface area contributed by atoms with Crippen molar-refractivity contribution in [3.05, 3.63) is 17.8 Å². The first-order valence-electron chi connectivity index (χ1n) is 2.56. The Morgan fingerprint density at radius 2 is 2.56 bits per heavy atom.